The second-order valence-electron chi connectivity index (χ2n) is 7.66. The summed E-state index contributed by atoms with van der Waals surface area (Å²) >= 11 is 6.30. The van der Waals surface area contributed by atoms with Crippen LogP contribution in [-0.4, -0.2) is 9.78 Å². The third-order valence-electron chi connectivity index (χ3n) is 3.59. The highest BCUT2D eigenvalue weighted by atomic mass is 35.5. The first-order chi connectivity index (χ1) is 9.59. The molecule has 0 bridgehead atoms. The van der Waals surface area contributed by atoms with Gasteiger partial charge in [0.2, 0.25) is 0 Å². The Kier molecular flexibility index (Phi) is 4.21. The molecule has 1 aromatic carbocycles. The Morgan fingerprint density at radius 3 is 2.14 bits per heavy atom. The fraction of sp³-hybridized carbons (Fsp3) is 0.500. The van der Waals surface area contributed by atoms with Crippen LogP contribution in [0, 0.1) is 0 Å². The van der Waals surface area contributed by atoms with Crippen LogP contribution < -0.4 is 0 Å². The number of aromatic nitrogens is 2. The van der Waals surface area contributed by atoms with Crippen LogP contribution in [0.25, 0.3) is 0 Å². The lowest BCUT2D eigenvalue weighted by atomic mass is 9.88. The fourth-order valence-corrected chi connectivity index (χ4v) is 2.49. The number of hydrogen-bond donors (Lipinski definition) is 0. The van der Waals surface area contributed by atoms with Crippen molar-refractivity contribution in [2.24, 2.45) is 0 Å². The summed E-state index contributed by atoms with van der Waals surface area (Å²) < 4.78 is 2.10. The summed E-state index contributed by atoms with van der Waals surface area (Å²) in [5.74, 6) is 0. The quantitative estimate of drug-likeness (QED) is 0.747. The molecule has 0 saturated heterocycles. The second-order valence-corrected chi connectivity index (χ2v) is 8.07. The van der Waals surface area contributed by atoms with Crippen LogP contribution in [0.3, 0.4) is 0 Å². The molecule has 0 fully saturated rings. The molecule has 2 rings (SSSR count). The van der Waals surface area contributed by atoms with Gasteiger partial charge in [-0.05, 0) is 17.7 Å². The molecule has 114 valence electrons. The number of benzene rings is 1. The number of nitrogens with zero attached hydrogens (tertiary/aromatic N) is 2. The molecule has 0 N–H and O–H groups in total. The highest BCUT2D eigenvalue weighted by Crippen LogP contribution is 2.29. The average Bonchev–Trinajstić information content (AvgIpc) is 2.75. The van der Waals surface area contributed by atoms with E-state index in [1.165, 1.54) is 5.69 Å². The van der Waals surface area contributed by atoms with Gasteiger partial charge in [0.25, 0.3) is 0 Å². The first-order valence-corrected chi connectivity index (χ1v) is 7.79. The summed E-state index contributed by atoms with van der Waals surface area (Å²) in [6.45, 7) is 14.0. The van der Waals surface area contributed by atoms with Crippen molar-refractivity contribution in [2.75, 3.05) is 0 Å². The molecule has 2 aromatic rings. The van der Waals surface area contributed by atoms with E-state index in [0.717, 1.165) is 16.3 Å². The van der Waals surface area contributed by atoms with Gasteiger partial charge in [0, 0.05) is 21.5 Å². The highest BCUT2D eigenvalue weighted by Gasteiger charge is 2.25. The first-order valence-electron chi connectivity index (χ1n) is 7.41. The van der Waals surface area contributed by atoms with Gasteiger partial charge in [-0.3, -0.25) is 4.68 Å². The first kappa shape index (κ1) is 16.1. The van der Waals surface area contributed by atoms with Gasteiger partial charge in [0.15, 0.2) is 0 Å². The van der Waals surface area contributed by atoms with E-state index in [4.69, 9.17) is 16.7 Å². The molecule has 0 aliphatic rings. The maximum Gasteiger partial charge on any atom is 0.0681 e. The van der Waals surface area contributed by atoms with Gasteiger partial charge >= 0.3 is 0 Å². The molecule has 0 spiro atoms. The largest absolute Gasteiger partial charge is 0.264 e. The van der Waals surface area contributed by atoms with Gasteiger partial charge in [0.05, 0.1) is 12.2 Å². The van der Waals surface area contributed by atoms with Crippen molar-refractivity contribution in [1.29, 1.82) is 0 Å². The zero-order valence-electron chi connectivity index (χ0n) is 13.9. The SMILES string of the molecule is CC(C)(C)c1cc(C(C)(C)C)n(Cc2ccccc2Cl)n1. The zero-order valence-corrected chi connectivity index (χ0v) is 14.6. The van der Waals surface area contributed by atoms with Crippen molar-refractivity contribution in [3.05, 3.63) is 52.3 Å². The predicted octanol–water partition coefficient (Wildman–Crippen LogP) is 5.18. The Hall–Kier alpha value is -1.28. The van der Waals surface area contributed by atoms with Crippen LogP contribution in [0.1, 0.15) is 58.5 Å². The third kappa shape index (κ3) is 3.68. The van der Waals surface area contributed by atoms with Crippen molar-refractivity contribution in [3.63, 3.8) is 0 Å². The minimum atomic E-state index is 0.0474. The van der Waals surface area contributed by atoms with Gasteiger partial charge < -0.3 is 0 Å². The molecule has 0 radical (unpaired) electrons. The van der Waals surface area contributed by atoms with E-state index >= 15 is 0 Å². The highest BCUT2D eigenvalue weighted by molar-refractivity contribution is 6.31. The molecule has 1 heterocycles. The van der Waals surface area contributed by atoms with E-state index in [1.807, 2.05) is 18.2 Å². The Morgan fingerprint density at radius 2 is 1.62 bits per heavy atom. The van der Waals surface area contributed by atoms with Crippen molar-refractivity contribution >= 4 is 11.6 Å². The van der Waals surface area contributed by atoms with E-state index in [2.05, 4.69) is 58.4 Å². The molecule has 0 aliphatic carbocycles. The Bertz CT molecular complexity index is 627. The van der Waals surface area contributed by atoms with E-state index in [9.17, 15) is 0 Å². The number of halogens is 1. The third-order valence-corrected chi connectivity index (χ3v) is 3.96. The summed E-state index contributed by atoms with van der Waals surface area (Å²) in [7, 11) is 0. The molecule has 0 aliphatic heterocycles. The van der Waals surface area contributed by atoms with E-state index in [0.29, 0.717) is 6.54 Å². The van der Waals surface area contributed by atoms with E-state index in [1.54, 1.807) is 0 Å². The summed E-state index contributed by atoms with van der Waals surface area (Å²) in [5, 5.41) is 5.64. The fourth-order valence-electron chi connectivity index (χ4n) is 2.30. The second kappa shape index (κ2) is 5.49. The molecule has 0 atom stereocenters. The molecule has 21 heavy (non-hydrogen) atoms. The lowest BCUT2D eigenvalue weighted by Gasteiger charge is -2.20. The van der Waals surface area contributed by atoms with Crippen LogP contribution in [0.5, 0.6) is 0 Å². The molecule has 0 saturated carbocycles. The Morgan fingerprint density at radius 1 is 1.00 bits per heavy atom. The van der Waals surface area contributed by atoms with Crippen molar-refractivity contribution in [1.82, 2.24) is 9.78 Å². The number of hydrogen-bond acceptors (Lipinski definition) is 1. The van der Waals surface area contributed by atoms with Gasteiger partial charge in [0.1, 0.15) is 0 Å². The maximum absolute atomic E-state index is 6.30. The van der Waals surface area contributed by atoms with Gasteiger partial charge in [-0.2, -0.15) is 5.10 Å². The predicted molar refractivity (Wildman–Crippen MR) is 90.2 cm³/mol. The average molecular weight is 305 g/mol. The van der Waals surface area contributed by atoms with Crippen molar-refractivity contribution < 1.29 is 0 Å². The standard InChI is InChI=1S/C18H25ClN2/c1-17(2,3)15-11-16(18(4,5)6)21(20-15)12-13-9-7-8-10-14(13)19/h7-11H,12H2,1-6H3. The molecule has 2 nitrogen and oxygen atoms in total. The Balaban J connectivity index is 2.47. The smallest absolute Gasteiger partial charge is 0.0681 e. The van der Waals surface area contributed by atoms with Crippen molar-refractivity contribution in [2.45, 2.75) is 58.9 Å². The molecule has 0 unspecified atom stereocenters. The van der Waals surface area contributed by atoms with E-state index in [-0.39, 0.29) is 10.8 Å². The minimum absolute atomic E-state index is 0.0474. The summed E-state index contributed by atoms with van der Waals surface area (Å²) in [5.41, 5.74) is 3.57. The van der Waals surface area contributed by atoms with Gasteiger partial charge in [-0.25, -0.2) is 0 Å². The minimum Gasteiger partial charge on any atom is -0.264 e. The van der Waals surface area contributed by atoms with Gasteiger partial charge in [-0.1, -0.05) is 71.3 Å². The molecular formula is C18H25ClN2. The lowest BCUT2D eigenvalue weighted by molar-refractivity contribution is 0.496. The van der Waals surface area contributed by atoms with Gasteiger partial charge in [-0.15, -0.1) is 0 Å². The van der Waals surface area contributed by atoms with Crippen LogP contribution >= 0.6 is 11.6 Å². The topological polar surface area (TPSA) is 17.8 Å². The molecule has 1 aromatic heterocycles. The molecule has 0 amide bonds. The van der Waals surface area contributed by atoms with Crippen LogP contribution in [0.15, 0.2) is 30.3 Å². The molecular weight excluding hydrogens is 280 g/mol. The Labute approximate surface area is 133 Å². The summed E-state index contributed by atoms with van der Waals surface area (Å²) in [6.07, 6.45) is 0. The van der Waals surface area contributed by atoms with E-state index < -0.39 is 0 Å². The monoisotopic (exact) mass is 304 g/mol. The normalized spacial score (nSPS) is 12.7. The van der Waals surface area contributed by atoms with Crippen LogP contribution in [-0.2, 0) is 17.4 Å². The zero-order chi connectivity index (χ0) is 15.8. The van der Waals surface area contributed by atoms with Crippen molar-refractivity contribution in [3.8, 4) is 0 Å². The maximum atomic E-state index is 6.30. The summed E-state index contributed by atoms with van der Waals surface area (Å²) in [6, 6.07) is 10.2. The summed E-state index contributed by atoms with van der Waals surface area (Å²) in [4.78, 5) is 0. The van der Waals surface area contributed by atoms with Crippen LogP contribution in [0.2, 0.25) is 5.02 Å². The lowest BCUT2D eigenvalue weighted by Crippen LogP contribution is -2.19. The number of rotatable bonds is 2. The molecule has 3 heteroatoms. The van der Waals surface area contributed by atoms with Crippen LogP contribution in [0.4, 0.5) is 0 Å².